The summed E-state index contributed by atoms with van der Waals surface area (Å²) in [5, 5.41) is 0. The lowest BCUT2D eigenvalue weighted by atomic mass is 10.1. The predicted octanol–water partition coefficient (Wildman–Crippen LogP) is 1.91. The van der Waals surface area contributed by atoms with E-state index in [1.165, 1.54) is 6.42 Å². The molecule has 0 radical (unpaired) electrons. The normalized spacial score (nSPS) is 92.7. The van der Waals surface area contributed by atoms with Crippen LogP contribution in [0.1, 0.15) is 10.5 Å². The SMILES string of the molecule is [2H]C([2H])([2H])[P+]1(C)C2C3CC4C2C4C31. The molecule has 1 heterocycles. The van der Waals surface area contributed by atoms with Gasteiger partial charge in [-0.2, -0.15) is 0 Å². The number of hydrogen-bond acceptors (Lipinski definition) is 0. The lowest BCUT2D eigenvalue weighted by Gasteiger charge is -2.43. The summed E-state index contributed by atoms with van der Waals surface area (Å²) in [6.07, 6.45) is 1.40. The molecule has 5 fully saturated rings. The monoisotopic (exact) mass is 156 g/mol. The fraction of sp³-hybridized carbons (Fsp3) is 1.00. The molecule has 54 valence electrons. The van der Waals surface area contributed by atoms with Gasteiger partial charge in [0.15, 0.2) is 0 Å². The molecule has 1 aliphatic heterocycles. The molecule has 1 saturated heterocycles. The lowest BCUT2D eigenvalue weighted by Crippen LogP contribution is -2.38. The molecule has 0 aromatic carbocycles. The summed E-state index contributed by atoms with van der Waals surface area (Å²) in [5.41, 5.74) is 1.39. The zero-order chi connectivity index (χ0) is 9.17. The Bertz CT molecular complexity index is 288. The summed E-state index contributed by atoms with van der Waals surface area (Å²) in [4.78, 5) is 0. The van der Waals surface area contributed by atoms with Crippen LogP contribution in [-0.2, 0) is 0 Å². The van der Waals surface area contributed by atoms with Crippen LogP contribution in [0.15, 0.2) is 0 Å². The van der Waals surface area contributed by atoms with E-state index in [9.17, 15) is 0 Å². The van der Waals surface area contributed by atoms with Crippen LogP contribution in [0.25, 0.3) is 0 Å². The van der Waals surface area contributed by atoms with E-state index in [2.05, 4.69) is 6.66 Å². The van der Waals surface area contributed by atoms with Crippen LogP contribution < -0.4 is 0 Å². The van der Waals surface area contributed by atoms with Crippen molar-refractivity contribution in [2.24, 2.45) is 23.7 Å². The lowest BCUT2D eigenvalue weighted by molar-refractivity contribution is 0.554. The van der Waals surface area contributed by atoms with Crippen molar-refractivity contribution in [3.63, 3.8) is 0 Å². The molecule has 0 N–H and O–H groups in total. The minimum Gasteiger partial charge on any atom is -0.0392 e. The molecule has 4 unspecified atom stereocenters. The molecular formula is C9H14P+. The van der Waals surface area contributed by atoms with Crippen molar-refractivity contribution in [2.75, 3.05) is 13.3 Å². The topological polar surface area (TPSA) is 0 Å². The van der Waals surface area contributed by atoms with Crippen LogP contribution >= 0.6 is 7.26 Å². The summed E-state index contributed by atoms with van der Waals surface area (Å²) < 4.78 is 23.1. The molecule has 0 spiro atoms. The van der Waals surface area contributed by atoms with E-state index >= 15 is 0 Å². The highest BCUT2D eigenvalue weighted by molar-refractivity contribution is 7.77. The van der Waals surface area contributed by atoms with Crippen molar-refractivity contribution in [3.05, 3.63) is 0 Å². The Balaban J connectivity index is 1.81. The maximum atomic E-state index is 7.69. The highest BCUT2D eigenvalue weighted by Crippen LogP contribution is 2.97. The number of rotatable bonds is 0. The standard InChI is InChI=1S/C9H14P/c1-10(2)8-5-3-4-6(8)7(4)9(5)10/h4-9H,3H2,1-2H3/q+1/i1D3. The third-order valence-corrected chi connectivity index (χ3v) is 8.67. The van der Waals surface area contributed by atoms with Crippen LogP contribution in [0.3, 0.4) is 0 Å². The fourth-order valence-corrected chi connectivity index (χ4v) is 9.25. The zero-order valence-corrected chi connectivity index (χ0v) is 7.01. The quantitative estimate of drug-likeness (QED) is 0.470. The van der Waals surface area contributed by atoms with Crippen LogP contribution in [0.5, 0.6) is 0 Å². The smallest absolute Gasteiger partial charge is 0.0392 e. The van der Waals surface area contributed by atoms with Crippen LogP contribution in [0.4, 0.5) is 0 Å². The molecule has 0 nitrogen and oxygen atoms in total. The van der Waals surface area contributed by atoms with Gasteiger partial charge >= 0.3 is 0 Å². The maximum Gasteiger partial charge on any atom is 0.0796 e. The third-order valence-electron chi connectivity index (χ3n) is 4.74. The van der Waals surface area contributed by atoms with E-state index in [0.717, 1.165) is 23.7 Å². The summed E-state index contributed by atoms with van der Waals surface area (Å²) in [6, 6.07) is 0. The van der Waals surface area contributed by atoms with E-state index in [-0.39, 0.29) is 0 Å². The van der Waals surface area contributed by atoms with E-state index in [4.69, 9.17) is 4.11 Å². The Hall–Kier alpha value is 0.430. The second-order valence-electron chi connectivity index (χ2n) is 4.85. The van der Waals surface area contributed by atoms with Crippen LogP contribution in [0, 0.1) is 23.7 Å². The van der Waals surface area contributed by atoms with Crippen molar-refractivity contribution in [1.82, 2.24) is 0 Å². The summed E-state index contributed by atoms with van der Waals surface area (Å²) in [5.74, 6) is 3.66. The first-order chi connectivity index (χ1) is 5.98. The van der Waals surface area contributed by atoms with Gasteiger partial charge in [0.05, 0.1) is 15.4 Å². The van der Waals surface area contributed by atoms with Gasteiger partial charge in [0, 0.05) is 38.3 Å². The van der Waals surface area contributed by atoms with Gasteiger partial charge in [0.25, 0.3) is 0 Å². The second kappa shape index (κ2) is 1.04. The Morgan fingerprint density at radius 1 is 1.30 bits per heavy atom. The molecule has 10 heavy (non-hydrogen) atoms. The zero-order valence-electron chi connectivity index (χ0n) is 9.12. The summed E-state index contributed by atoms with van der Waals surface area (Å²) in [7, 11) is -1.52. The molecule has 0 aromatic heterocycles. The van der Waals surface area contributed by atoms with Gasteiger partial charge in [-0.3, -0.25) is 0 Å². The van der Waals surface area contributed by atoms with E-state index < -0.39 is 13.9 Å². The highest BCUT2D eigenvalue weighted by atomic mass is 31.2. The third kappa shape index (κ3) is 0.258. The van der Waals surface area contributed by atoms with Crippen molar-refractivity contribution in [3.8, 4) is 0 Å². The molecule has 6 bridgehead atoms. The predicted molar refractivity (Wildman–Crippen MR) is 44.9 cm³/mol. The minimum atomic E-state index is -1.58. The van der Waals surface area contributed by atoms with E-state index in [1.54, 1.807) is 0 Å². The van der Waals surface area contributed by atoms with Gasteiger partial charge < -0.3 is 0 Å². The van der Waals surface area contributed by atoms with Gasteiger partial charge in [-0.05, 0) is 12.3 Å². The van der Waals surface area contributed by atoms with Crippen molar-refractivity contribution in [2.45, 2.75) is 17.7 Å². The Labute approximate surface area is 66.9 Å². The van der Waals surface area contributed by atoms with E-state index in [0.29, 0.717) is 11.3 Å². The summed E-state index contributed by atoms with van der Waals surface area (Å²) in [6.45, 7) is 0.557. The molecule has 5 aliphatic rings. The van der Waals surface area contributed by atoms with Crippen molar-refractivity contribution >= 4 is 7.26 Å². The first-order valence-corrected chi connectivity index (χ1v) is 6.71. The molecule has 4 aliphatic carbocycles. The molecule has 5 rings (SSSR count). The molecule has 4 atom stereocenters. The van der Waals surface area contributed by atoms with Gasteiger partial charge in [-0.25, -0.2) is 0 Å². The average molecular weight is 156 g/mol. The van der Waals surface area contributed by atoms with Crippen molar-refractivity contribution < 1.29 is 4.11 Å². The first kappa shape index (κ1) is 3.44. The molecular weight excluding hydrogens is 139 g/mol. The molecule has 1 heteroatoms. The maximum absolute atomic E-state index is 7.69. The number of hydrogen-bond donors (Lipinski definition) is 0. The fourth-order valence-electron chi connectivity index (χ4n) is 4.68. The first-order valence-electron chi connectivity index (χ1n) is 5.84. The van der Waals surface area contributed by atoms with Gasteiger partial charge in [0.2, 0.25) is 0 Å². The highest BCUT2D eigenvalue weighted by Gasteiger charge is 2.91. The average Bonchev–Trinajstić information content (AvgIpc) is 2.48. The molecule has 0 amide bonds. The van der Waals surface area contributed by atoms with Gasteiger partial charge in [0.1, 0.15) is 0 Å². The Morgan fingerprint density at radius 2 is 2.00 bits per heavy atom. The summed E-state index contributed by atoms with van der Waals surface area (Å²) >= 11 is 0. The van der Waals surface area contributed by atoms with E-state index in [1.807, 2.05) is 0 Å². The van der Waals surface area contributed by atoms with Crippen molar-refractivity contribution in [1.29, 1.82) is 0 Å². The van der Waals surface area contributed by atoms with Crippen LogP contribution in [-0.4, -0.2) is 24.6 Å². The largest absolute Gasteiger partial charge is 0.0796 e. The minimum absolute atomic E-state index is 0.694. The molecule has 0 aromatic rings. The Morgan fingerprint density at radius 3 is 2.40 bits per heavy atom. The van der Waals surface area contributed by atoms with Gasteiger partial charge in [-0.15, -0.1) is 0 Å². The van der Waals surface area contributed by atoms with Crippen LogP contribution in [0.2, 0.25) is 0 Å². The van der Waals surface area contributed by atoms with Gasteiger partial charge in [-0.1, -0.05) is 0 Å². The Kier molecular flexibility index (Phi) is 0.356. The second-order valence-corrected chi connectivity index (χ2v) is 8.33. The molecule has 4 saturated carbocycles.